The molecule has 0 N–H and O–H groups in total. The molecule has 0 aliphatic rings. The maximum atomic E-state index is 11.7. The van der Waals surface area contributed by atoms with E-state index in [1.807, 2.05) is 19.9 Å². The van der Waals surface area contributed by atoms with Crippen molar-refractivity contribution in [3.63, 3.8) is 0 Å². The molecule has 0 atom stereocenters. The Morgan fingerprint density at radius 3 is 2.29 bits per heavy atom. The van der Waals surface area contributed by atoms with Crippen molar-refractivity contribution in [1.29, 1.82) is 0 Å². The summed E-state index contributed by atoms with van der Waals surface area (Å²) in [5, 5.41) is 0. The normalized spacial score (nSPS) is 10.3. The van der Waals surface area contributed by atoms with Crippen LogP contribution in [0.5, 0.6) is 11.5 Å². The Morgan fingerprint density at radius 1 is 1.10 bits per heavy atom. The molecule has 6 heteroatoms. The molecule has 0 spiro atoms. The summed E-state index contributed by atoms with van der Waals surface area (Å²) in [5.41, 5.74) is 0.796. The summed E-state index contributed by atoms with van der Waals surface area (Å²) in [6.45, 7) is 5.52. The van der Waals surface area contributed by atoms with E-state index >= 15 is 0 Å². The van der Waals surface area contributed by atoms with Crippen molar-refractivity contribution in [3.8, 4) is 11.5 Å². The van der Waals surface area contributed by atoms with Crippen LogP contribution in [0.4, 0.5) is 0 Å². The van der Waals surface area contributed by atoms with Gasteiger partial charge in [-0.25, -0.2) is 0 Å². The lowest BCUT2D eigenvalue weighted by atomic mass is 10.1. The first-order chi connectivity index (χ1) is 10.1. The standard InChI is InChI=1S/C15H21BrO5/c1-4-19-13-8-11(9-15(17)21-7-6-18-3)12(16)10-14(13)20-5-2/h8,10H,4-7,9H2,1-3H3. The van der Waals surface area contributed by atoms with E-state index in [1.54, 1.807) is 13.2 Å². The van der Waals surface area contributed by atoms with Gasteiger partial charge in [0.15, 0.2) is 11.5 Å². The lowest BCUT2D eigenvalue weighted by Crippen LogP contribution is -2.12. The highest BCUT2D eigenvalue weighted by Crippen LogP contribution is 2.34. The minimum Gasteiger partial charge on any atom is -0.490 e. The number of hydrogen-bond acceptors (Lipinski definition) is 5. The van der Waals surface area contributed by atoms with Crippen LogP contribution >= 0.6 is 15.9 Å². The molecule has 1 aromatic carbocycles. The van der Waals surface area contributed by atoms with Crippen LogP contribution in [0.25, 0.3) is 0 Å². The van der Waals surface area contributed by atoms with Gasteiger partial charge in [-0.05, 0) is 31.5 Å². The van der Waals surface area contributed by atoms with Crippen LogP contribution in [0.3, 0.4) is 0 Å². The SMILES string of the molecule is CCOc1cc(Br)c(CC(=O)OCCOC)cc1OCC. The van der Waals surface area contributed by atoms with Gasteiger partial charge in [-0.15, -0.1) is 0 Å². The summed E-state index contributed by atoms with van der Waals surface area (Å²) in [5.74, 6) is 0.976. The highest BCUT2D eigenvalue weighted by atomic mass is 79.9. The van der Waals surface area contributed by atoms with Crippen molar-refractivity contribution in [2.24, 2.45) is 0 Å². The second-order valence-electron chi connectivity index (χ2n) is 4.15. The molecule has 0 heterocycles. The first-order valence-corrected chi connectivity index (χ1v) is 7.64. The van der Waals surface area contributed by atoms with Crippen molar-refractivity contribution < 1.29 is 23.7 Å². The molecule has 0 saturated heterocycles. The van der Waals surface area contributed by atoms with E-state index < -0.39 is 0 Å². The summed E-state index contributed by atoms with van der Waals surface area (Å²) in [6, 6.07) is 3.61. The van der Waals surface area contributed by atoms with E-state index in [4.69, 9.17) is 18.9 Å². The van der Waals surface area contributed by atoms with Crippen LogP contribution < -0.4 is 9.47 Å². The average molecular weight is 361 g/mol. The first-order valence-electron chi connectivity index (χ1n) is 6.84. The monoisotopic (exact) mass is 360 g/mol. The topological polar surface area (TPSA) is 54.0 Å². The predicted molar refractivity (Wildman–Crippen MR) is 83.0 cm³/mol. The fourth-order valence-corrected chi connectivity index (χ4v) is 2.16. The molecule has 0 bridgehead atoms. The summed E-state index contributed by atoms with van der Waals surface area (Å²) in [6.07, 6.45) is 0.163. The van der Waals surface area contributed by atoms with Gasteiger partial charge in [0.1, 0.15) is 6.61 Å². The van der Waals surface area contributed by atoms with E-state index in [1.165, 1.54) is 0 Å². The largest absolute Gasteiger partial charge is 0.490 e. The zero-order valence-electron chi connectivity index (χ0n) is 12.6. The number of methoxy groups -OCH3 is 1. The van der Waals surface area contributed by atoms with Crippen molar-refractivity contribution >= 4 is 21.9 Å². The quantitative estimate of drug-likeness (QED) is 0.500. The van der Waals surface area contributed by atoms with Gasteiger partial charge in [0, 0.05) is 11.6 Å². The maximum Gasteiger partial charge on any atom is 0.310 e. The second kappa shape index (κ2) is 9.63. The number of carbonyl (C=O) groups is 1. The Bertz CT molecular complexity index is 462. The summed E-state index contributed by atoms with van der Waals surface area (Å²) in [4.78, 5) is 11.7. The molecule has 0 aliphatic carbocycles. The Balaban J connectivity index is 2.81. The van der Waals surface area contributed by atoms with Gasteiger partial charge in [-0.3, -0.25) is 4.79 Å². The fraction of sp³-hybridized carbons (Fsp3) is 0.533. The molecule has 5 nitrogen and oxygen atoms in total. The van der Waals surface area contributed by atoms with Gasteiger partial charge < -0.3 is 18.9 Å². The Labute approximate surface area is 133 Å². The molecule has 0 aliphatic heterocycles. The van der Waals surface area contributed by atoms with Crippen molar-refractivity contribution in [3.05, 3.63) is 22.2 Å². The number of hydrogen-bond donors (Lipinski definition) is 0. The molecule has 0 radical (unpaired) electrons. The molecule has 0 fully saturated rings. The van der Waals surface area contributed by atoms with Gasteiger partial charge in [-0.2, -0.15) is 0 Å². The fourth-order valence-electron chi connectivity index (χ4n) is 1.69. The van der Waals surface area contributed by atoms with Crippen molar-refractivity contribution in [2.75, 3.05) is 33.5 Å². The van der Waals surface area contributed by atoms with Gasteiger partial charge >= 0.3 is 5.97 Å². The summed E-state index contributed by atoms with van der Waals surface area (Å²) < 4.78 is 21.8. The average Bonchev–Trinajstić information content (AvgIpc) is 2.44. The van der Waals surface area contributed by atoms with Crippen LogP contribution in [0.15, 0.2) is 16.6 Å². The van der Waals surface area contributed by atoms with E-state index in [2.05, 4.69) is 15.9 Å². The number of benzene rings is 1. The zero-order valence-corrected chi connectivity index (χ0v) is 14.2. The summed E-state index contributed by atoms with van der Waals surface area (Å²) in [7, 11) is 1.56. The number of esters is 1. The van der Waals surface area contributed by atoms with Crippen molar-refractivity contribution in [1.82, 2.24) is 0 Å². The first kappa shape index (κ1) is 17.8. The molecule has 0 amide bonds. The van der Waals surface area contributed by atoms with E-state index in [-0.39, 0.29) is 19.0 Å². The number of carbonyl (C=O) groups excluding carboxylic acids is 1. The Hall–Kier alpha value is -1.27. The van der Waals surface area contributed by atoms with E-state index in [9.17, 15) is 4.79 Å². The van der Waals surface area contributed by atoms with Gasteiger partial charge in [0.05, 0.1) is 26.2 Å². The zero-order chi connectivity index (χ0) is 15.7. The van der Waals surface area contributed by atoms with Gasteiger partial charge in [-0.1, -0.05) is 15.9 Å². The van der Waals surface area contributed by atoms with Gasteiger partial charge in [0.2, 0.25) is 0 Å². The minimum absolute atomic E-state index is 0.163. The molecule has 0 aromatic heterocycles. The summed E-state index contributed by atoms with van der Waals surface area (Å²) >= 11 is 3.44. The van der Waals surface area contributed by atoms with Crippen molar-refractivity contribution in [2.45, 2.75) is 20.3 Å². The van der Waals surface area contributed by atoms with Crippen LogP contribution in [-0.4, -0.2) is 39.5 Å². The Kier molecular flexibility index (Phi) is 8.15. The third-order valence-corrected chi connectivity index (χ3v) is 3.34. The van der Waals surface area contributed by atoms with Crippen LogP contribution in [-0.2, 0) is 20.7 Å². The lowest BCUT2D eigenvalue weighted by molar-refractivity contribution is -0.144. The Morgan fingerprint density at radius 2 is 1.71 bits per heavy atom. The molecule has 1 aromatic rings. The molecule has 118 valence electrons. The molecule has 1 rings (SSSR count). The molecule has 21 heavy (non-hydrogen) atoms. The number of ether oxygens (including phenoxy) is 4. The highest BCUT2D eigenvalue weighted by Gasteiger charge is 2.14. The number of rotatable bonds is 9. The smallest absolute Gasteiger partial charge is 0.310 e. The van der Waals surface area contributed by atoms with Gasteiger partial charge in [0.25, 0.3) is 0 Å². The maximum absolute atomic E-state index is 11.7. The minimum atomic E-state index is -0.306. The van der Waals surface area contributed by atoms with E-state index in [0.29, 0.717) is 31.3 Å². The van der Waals surface area contributed by atoms with Crippen LogP contribution in [0, 0.1) is 0 Å². The second-order valence-corrected chi connectivity index (χ2v) is 5.00. The molecule has 0 unspecified atom stereocenters. The third-order valence-electron chi connectivity index (χ3n) is 2.60. The van der Waals surface area contributed by atoms with E-state index in [0.717, 1.165) is 10.0 Å². The third kappa shape index (κ3) is 5.93. The molecular formula is C15H21BrO5. The lowest BCUT2D eigenvalue weighted by Gasteiger charge is -2.14. The molecular weight excluding hydrogens is 340 g/mol. The molecule has 0 saturated carbocycles. The highest BCUT2D eigenvalue weighted by molar-refractivity contribution is 9.10. The number of halogens is 1. The van der Waals surface area contributed by atoms with Crippen LogP contribution in [0.1, 0.15) is 19.4 Å². The van der Waals surface area contributed by atoms with Crippen LogP contribution in [0.2, 0.25) is 0 Å². The predicted octanol–water partition coefficient (Wildman–Crippen LogP) is 2.98.